The van der Waals surface area contributed by atoms with E-state index in [4.69, 9.17) is 15.6 Å². The van der Waals surface area contributed by atoms with Gasteiger partial charge in [0.05, 0.1) is 6.10 Å². The second-order valence-corrected chi connectivity index (χ2v) is 3.49. The normalized spacial score (nSPS) is 11.9. The maximum atomic E-state index is 11.1. The molecular weight excluding hydrogens is 216 g/mol. The molecule has 2 amide bonds. The topological polar surface area (TPSA) is 119 Å². The summed E-state index contributed by atoms with van der Waals surface area (Å²) in [7, 11) is 0. The number of nitrogens with one attached hydrogen (secondary N) is 1. The number of carbonyl (C=O) groups excluding carboxylic acids is 2. The number of carboxylic acid groups (broad SMARTS) is 1. The van der Waals surface area contributed by atoms with Crippen molar-refractivity contribution < 1.29 is 24.2 Å². The Balaban J connectivity index is 4.17. The highest BCUT2D eigenvalue weighted by Gasteiger charge is 2.21. The predicted octanol–water partition coefficient (Wildman–Crippen LogP) is -0.160. The van der Waals surface area contributed by atoms with Crippen LogP contribution >= 0.6 is 0 Å². The molecule has 1 atom stereocenters. The number of carboxylic acids is 1. The summed E-state index contributed by atoms with van der Waals surface area (Å²) in [5, 5.41) is 10.9. The van der Waals surface area contributed by atoms with Crippen LogP contribution in [0.1, 0.15) is 26.7 Å². The van der Waals surface area contributed by atoms with Gasteiger partial charge in [-0.2, -0.15) is 0 Å². The Morgan fingerprint density at radius 1 is 1.38 bits per heavy atom. The van der Waals surface area contributed by atoms with Crippen molar-refractivity contribution in [2.45, 2.75) is 38.8 Å². The van der Waals surface area contributed by atoms with Crippen molar-refractivity contribution in [1.29, 1.82) is 0 Å². The van der Waals surface area contributed by atoms with E-state index in [1.807, 2.05) is 0 Å². The molecule has 0 saturated heterocycles. The summed E-state index contributed by atoms with van der Waals surface area (Å²) in [6.45, 7) is 3.28. The van der Waals surface area contributed by atoms with Gasteiger partial charge < -0.3 is 20.9 Å². The summed E-state index contributed by atoms with van der Waals surface area (Å²) in [6.07, 6.45) is -1.34. The van der Waals surface area contributed by atoms with Crippen molar-refractivity contribution >= 4 is 18.0 Å². The first kappa shape index (κ1) is 14.2. The molecule has 0 aliphatic rings. The first-order valence-corrected chi connectivity index (χ1v) is 4.81. The van der Waals surface area contributed by atoms with E-state index in [1.54, 1.807) is 13.8 Å². The zero-order chi connectivity index (χ0) is 12.7. The monoisotopic (exact) mass is 232 g/mol. The zero-order valence-electron chi connectivity index (χ0n) is 9.23. The fourth-order valence-electron chi connectivity index (χ4n) is 0.934. The molecule has 7 heteroatoms. The number of primary amides is 1. The molecule has 0 heterocycles. The van der Waals surface area contributed by atoms with Gasteiger partial charge in [-0.3, -0.25) is 4.79 Å². The van der Waals surface area contributed by atoms with E-state index in [2.05, 4.69) is 5.32 Å². The second kappa shape index (κ2) is 6.65. The number of aliphatic carboxylic acids is 1. The van der Waals surface area contributed by atoms with Gasteiger partial charge in [-0.05, 0) is 20.3 Å². The molecule has 0 spiro atoms. The SMILES string of the molecule is CC(C)OC(=O)N[C@@H](CCC(N)=O)C(=O)O. The van der Waals surface area contributed by atoms with E-state index in [1.165, 1.54) is 0 Å². The molecule has 7 nitrogen and oxygen atoms in total. The number of ether oxygens (including phenoxy) is 1. The van der Waals surface area contributed by atoms with Gasteiger partial charge in [0, 0.05) is 6.42 Å². The van der Waals surface area contributed by atoms with E-state index in [0.717, 1.165) is 0 Å². The van der Waals surface area contributed by atoms with E-state index in [-0.39, 0.29) is 18.9 Å². The van der Waals surface area contributed by atoms with Gasteiger partial charge >= 0.3 is 12.1 Å². The molecule has 0 aliphatic heterocycles. The van der Waals surface area contributed by atoms with Gasteiger partial charge in [0.1, 0.15) is 6.04 Å². The highest BCUT2D eigenvalue weighted by molar-refractivity contribution is 5.81. The van der Waals surface area contributed by atoms with Crippen molar-refractivity contribution in [1.82, 2.24) is 5.32 Å². The molecule has 16 heavy (non-hydrogen) atoms. The minimum atomic E-state index is -1.23. The van der Waals surface area contributed by atoms with Crippen molar-refractivity contribution in [2.24, 2.45) is 5.73 Å². The molecule has 0 unspecified atom stereocenters. The summed E-state index contributed by atoms with van der Waals surface area (Å²) in [6, 6.07) is -1.17. The number of nitrogens with two attached hydrogens (primary N) is 1. The highest BCUT2D eigenvalue weighted by atomic mass is 16.6. The minimum Gasteiger partial charge on any atom is -0.480 e. The Morgan fingerprint density at radius 2 is 1.94 bits per heavy atom. The summed E-state index contributed by atoms with van der Waals surface area (Å²) in [5.74, 6) is -1.85. The second-order valence-electron chi connectivity index (χ2n) is 3.49. The zero-order valence-corrected chi connectivity index (χ0v) is 9.23. The molecule has 0 fully saturated rings. The Labute approximate surface area is 92.9 Å². The lowest BCUT2D eigenvalue weighted by atomic mass is 10.1. The number of hydrogen-bond acceptors (Lipinski definition) is 4. The smallest absolute Gasteiger partial charge is 0.408 e. The molecule has 0 aliphatic carbocycles. The first-order chi connectivity index (χ1) is 7.32. The third kappa shape index (κ3) is 6.63. The Kier molecular flexibility index (Phi) is 5.91. The van der Waals surface area contributed by atoms with Crippen LogP contribution in [0.4, 0.5) is 4.79 Å². The molecule has 0 radical (unpaired) electrons. The van der Waals surface area contributed by atoms with Crippen molar-refractivity contribution in [2.75, 3.05) is 0 Å². The highest BCUT2D eigenvalue weighted by Crippen LogP contribution is 1.99. The van der Waals surface area contributed by atoms with Gasteiger partial charge in [-0.25, -0.2) is 9.59 Å². The molecule has 0 aromatic rings. The average molecular weight is 232 g/mol. The maximum Gasteiger partial charge on any atom is 0.408 e. The number of amides is 2. The average Bonchev–Trinajstić information content (AvgIpc) is 2.09. The lowest BCUT2D eigenvalue weighted by Gasteiger charge is -2.15. The van der Waals surface area contributed by atoms with Gasteiger partial charge in [-0.1, -0.05) is 0 Å². The molecule has 0 rings (SSSR count). The fourth-order valence-corrected chi connectivity index (χ4v) is 0.934. The van der Waals surface area contributed by atoms with Crippen LogP contribution in [0.2, 0.25) is 0 Å². The van der Waals surface area contributed by atoms with Crippen LogP contribution in [0.5, 0.6) is 0 Å². The minimum absolute atomic E-state index is 0.0577. The molecule has 0 bridgehead atoms. The maximum absolute atomic E-state index is 11.1. The van der Waals surface area contributed by atoms with Gasteiger partial charge in [0.15, 0.2) is 0 Å². The standard InChI is InChI=1S/C9H16N2O5/c1-5(2)16-9(15)11-6(8(13)14)3-4-7(10)12/h5-6H,3-4H2,1-2H3,(H2,10,12)(H,11,15)(H,13,14)/t6-/m0/s1. The Bertz CT molecular complexity index is 277. The molecule has 0 aromatic heterocycles. The molecule has 0 saturated carbocycles. The third-order valence-corrected chi connectivity index (χ3v) is 1.61. The van der Waals surface area contributed by atoms with E-state index >= 15 is 0 Å². The fraction of sp³-hybridized carbons (Fsp3) is 0.667. The quantitative estimate of drug-likeness (QED) is 0.588. The predicted molar refractivity (Wildman–Crippen MR) is 54.6 cm³/mol. The number of hydrogen-bond donors (Lipinski definition) is 3. The molecule has 4 N–H and O–H groups in total. The van der Waals surface area contributed by atoms with Crippen molar-refractivity contribution in [3.63, 3.8) is 0 Å². The summed E-state index contributed by atoms with van der Waals surface area (Å²) >= 11 is 0. The molecule has 0 aromatic carbocycles. The third-order valence-electron chi connectivity index (χ3n) is 1.61. The van der Waals surface area contributed by atoms with Crippen molar-refractivity contribution in [3.8, 4) is 0 Å². The van der Waals surface area contributed by atoms with Crippen LogP contribution in [-0.4, -0.2) is 35.2 Å². The van der Waals surface area contributed by atoms with E-state index in [9.17, 15) is 14.4 Å². The summed E-state index contributed by atoms with van der Waals surface area (Å²) in [5.41, 5.74) is 4.88. The Hall–Kier alpha value is -1.79. The van der Waals surface area contributed by atoms with Crippen LogP contribution in [0.15, 0.2) is 0 Å². The van der Waals surface area contributed by atoms with Crippen LogP contribution < -0.4 is 11.1 Å². The van der Waals surface area contributed by atoms with Crippen LogP contribution in [0, 0.1) is 0 Å². The largest absolute Gasteiger partial charge is 0.480 e. The van der Waals surface area contributed by atoms with Crippen LogP contribution in [-0.2, 0) is 14.3 Å². The number of rotatable bonds is 6. The van der Waals surface area contributed by atoms with Crippen molar-refractivity contribution in [3.05, 3.63) is 0 Å². The van der Waals surface area contributed by atoms with Gasteiger partial charge in [0.25, 0.3) is 0 Å². The summed E-state index contributed by atoms with van der Waals surface area (Å²) < 4.78 is 4.71. The lowest BCUT2D eigenvalue weighted by molar-refractivity contribution is -0.139. The van der Waals surface area contributed by atoms with Crippen LogP contribution in [0.3, 0.4) is 0 Å². The Morgan fingerprint density at radius 3 is 2.31 bits per heavy atom. The van der Waals surface area contributed by atoms with Gasteiger partial charge in [0.2, 0.25) is 5.91 Å². The molecule has 92 valence electrons. The number of carbonyl (C=O) groups is 3. The first-order valence-electron chi connectivity index (χ1n) is 4.81. The number of alkyl carbamates (subject to hydrolysis) is 1. The lowest BCUT2D eigenvalue weighted by Crippen LogP contribution is -2.42. The van der Waals surface area contributed by atoms with Gasteiger partial charge in [-0.15, -0.1) is 0 Å². The van der Waals surface area contributed by atoms with E-state index < -0.39 is 24.0 Å². The summed E-state index contributed by atoms with van der Waals surface area (Å²) in [4.78, 5) is 32.3. The molecular formula is C9H16N2O5. The van der Waals surface area contributed by atoms with E-state index in [0.29, 0.717) is 0 Å². The van der Waals surface area contributed by atoms with Crippen LogP contribution in [0.25, 0.3) is 0 Å².